The van der Waals surface area contributed by atoms with Crippen LogP contribution in [-0.4, -0.2) is 15.0 Å². The molecule has 0 saturated carbocycles. The number of halogens is 1. The fraction of sp³-hybridized carbons (Fsp3) is 0. The number of pyridine rings is 1. The zero-order valence-corrected chi connectivity index (χ0v) is 9.59. The third kappa shape index (κ3) is 1.85. The fourth-order valence-electron chi connectivity index (χ4n) is 1.70. The summed E-state index contributed by atoms with van der Waals surface area (Å²) in [5, 5.41) is 1.68. The molecule has 0 fully saturated rings. The number of hydrogen-bond acceptors (Lipinski definition) is 3. The van der Waals surface area contributed by atoms with Crippen molar-refractivity contribution < 1.29 is 0 Å². The lowest BCUT2D eigenvalue weighted by Gasteiger charge is -2.03. The molecule has 0 bridgehead atoms. The first-order valence-electron chi connectivity index (χ1n) is 5.15. The van der Waals surface area contributed by atoms with Gasteiger partial charge in [-0.25, -0.2) is 15.0 Å². The molecule has 2 heterocycles. The van der Waals surface area contributed by atoms with E-state index in [-0.39, 0.29) is 0 Å². The summed E-state index contributed by atoms with van der Waals surface area (Å²) in [4.78, 5) is 12.5. The smallest absolute Gasteiger partial charge is 0.115 e. The maximum absolute atomic E-state index is 6.12. The Hall–Kier alpha value is -2.00. The Balaban J connectivity index is 2.23. The summed E-state index contributed by atoms with van der Waals surface area (Å²) in [6, 6.07) is 9.67. The largest absolute Gasteiger partial charge is 0.246 e. The third-order valence-corrected chi connectivity index (χ3v) is 2.83. The number of rotatable bonds is 1. The van der Waals surface area contributed by atoms with Crippen LogP contribution in [0.1, 0.15) is 0 Å². The zero-order chi connectivity index (χ0) is 11.7. The minimum Gasteiger partial charge on any atom is -0.246 e. The predicted octanol–water partition coefficient (Wildman–Crippen LogP) is 3.35. The van der Waals surface area contributed by atoms with Gasteiger partial charge in [0.25, 0.3) is 0 Å². The molecule has 0 aliphatic carbocycles. The number of nitrogens with zero attached hydrogens (tertiary/aromatic N) is 3. The highest BCUT2D eigenvalue weighted by atomic mass is 35.5. The molecular weight excluding hydrogens is 234 g/mol. The number of hydrogen-bond donors (Lipinski definition) is 0. The molecule has 0 saturated heterocycles. The van der Waals surface area contributed by atoms with Crippen molar-refractivity contribution >= 4 is 22.5 Å². The lowest BCUT2D eigenvalue weighted by Crippen LogP contribution is -1.87. The van der Waals surface area contributed by atoms with Crippen molar-refractivity contribution in [3.8, 4) is 11.3 Å². The number of fused-ring (bicyclic) bond motifs is 1. The topological polar surface area (TPSA) is 38.7 Å². The first kappa shape index (κ1) is 10.2. The third-order valence-electron chi connectivity index (χ3n) is 2.53. The van der Waals surface area contributed by atoms with Crippen molar-refractivity contribution in [3.05, 3.63) is 54.1 Å². The fourth-order valence-corrected chi connectivity index (χ4v) is 1.93. The highest BCUT2D eigenvalue weighted by Crippen LogP contribution is 2.24. The Kier molecular flexibility index (Phi) is 2.46. The molecular formula is C13H8ClN3. The van der Waals surface area contributed by atoms with E-state index in [1.165, 1.54) is 6.33 Å². The number of para-hydroxylation sites is 1. The minimum absolute atomic E-state index is 0.654. The van der Waals surface area contributed by atoms with Crippen LogP contribution >= 0.6 is 11.6 Å². The second kappa shape index (κ2) is 4.11. The quantitative estimate of drug-likeness (QED) is 0.656. The van der Waals surface area contributed by atoms with Crippen LogP contribution < -0.4 is 0 Å². The van der Waals surface area contributed by atoms with E-state index in [0.29, 0.717) is 5.02 Å². The van der Waals surface area contributed by atoms with Crippen molar-refractivity contribution in [2.45, 2.75) is 0 Å². The standard InChI is InChI=1S/C13H8ClN3/c14-11-3-1-2-9-4-5-12(17-13(9)11)10-6-15-8-16-7-10/h1-8H. The summed E-state index contributed by atoms with van der Waals surface area (Å²) in [6.45, 7) is 0. The van der Waals surface area contributed by atoms with Gasteiger partial charge in [0.15, 0.2) is 0 Å². The van der Waals surface area contributed by atoms with Gasteiger partial charge in [-0.1, -0.05) is 29.8 Å². The molecule has 0 aliphatic heterocycles. The zero-order valence-electron chi connectivity index (χ0n) is 8.84. The Morgan fingerprint density at radius 3 is 2.59 bits per heavy atom. The van der Waals surface area contributed by atoms with E-state index >= 15 is 0 Å². The second-order valence-corrected chi connectivity index (χ2v) is 4.04. The van der Waals surface area contributed by atoms with Crippen LogP contribution in [0.4, 0.5) is 0 Å². The first-order chi connectivity index (χ1) is 8.34. The Bertz CT molecular complexity index is 668. The summed E-state index contributed by atoms with van der Waals surface area (Å²) in [7, 11) is 0. The van der Waals surface area contributed by atoms with Crippen molar-refractivity contribution in [3.63, 3.8) is 0 Å². The molecule has 0 aliphatic rings. The second-order valence-electron chi connectivity index (χ2n) is 3.64. The van der Waals surface area contributed by atoms with E-state index in [1.807, 2.05) is 30.3 Å². The van der Waals surface area contributed by atoms with Gasteiger partial charge >= 0.3 is 0 Å². The van der Waals surface area contributed by atoms with Crippen LogP contribution in [0.15, 0.2) is 49.1 Å². The molecule has 3 aromatic rings. The van der Waals surface area contributed by atoms with E-state index in [0.717, 1.165) is 22.2 Å². The van der Waals surface area contributed by atoms with Gasteiger partial charge < -0.3 is 0 Å². The van der Waals surface area contributed by atoms with Gasteiger partial charge in [-0.3, -0.25) is 0 Å². The first-order valence-corrected chi connectivity index (χ1v) is 5.53. The molecule has 82 valence electrons. The summed E-state index contributed by atoms with van der Waals surface area (Å²) >= 11 is 6.12. The van der Waals surface area contributed by atoms with Crippen molar-refractivity contribution in [2.75, 3.05) is 0 Å². The molecule has 2 aromatic heterocycles. The summed E-state index contributed by atoms with van der Waals surface area (Å²) in [6.07, 6.45) is 4.97. The minimum atomic E-state index is 0.654. The summed E-state index contributed by atoms with van der Waals surface area (Å²) < 4.78 is 0. The van der Waals surface area contributed by atoms with Crippen LogP contribution in [0.25, 0.3) is 22.2 Å². The lowest BCUT2D eigenvalue weighted by molar-refractivity contribution is 1.16. The van der Waals surface area contributed by atoms with Gasteiger partial charge in [-0.05, 0) is 12.1 Å². The van der Waals surface area contributed by atoms with E-state index in [1.54, 1.807) is 12.4 Å². The Labute approximate surface area is 103 Å². The molecule has 0 atom stereocenters. The number of benzene rings is 1. The molecule has 0 unspecified atom stereocenters. The number of aromatic nitrogens is 3. The van der Waals surface area contributed by atoms with E-state index in [9.17, 15) is 0 Å². The van der Waals surface area contributed by atoms with E-state index in [4.69, 9.17) is 11.6 Å². The highest BCUT2D eigenvalue weighted by molar-refractivity contribution is 6.35. The van der Waals surface area contributed by atoms with E-state index < -0.39 is 0 Å². The Morgan fingerprint density at radius 1 is 0.941 bits per heavy atom. The molecule has 3 rings (SSSR count). The molecule has 1 aromatic carbocycles. The predicted molar refractivity (Wildman–Crippen MR) is 67.8 cm³/mol. The van der Waals surface area contributed by atoms with Crippen molar-refractivity contribution in [1.29, 1.82) is 0 Å². The van der Waals surface area contributed by atoms with Crippen LogP contribution in [-0.2, 0) is 0 Å². The molecule has 0 N–H and O–H groups in total. The van der Waals surface area contributed by atoms with Gasteiger partial charge in [0, 0.05) is 23.3 Å². The van der Waals surface area contributed by atoms with Gasteiger partial charge in [-0.2, -0.15) is 0 Å². The van der Waals surface area contributed by atoms with Gasteiger partial charge in [-0.15, -0.1) is 0 Å². The highest BCUT2D eigenvalue weighted by Gasteiger charge is 2.04. The average Bonchev–Trinajstić information content (AvgIpc) is 2.40. The van der Waals surface area contributed by atoms with Crippen LogP contribution in [0.5, 0.6) is 0 Å². The van der Waals surface area contributed by atoms with Crippen LogP contribution in [0.2, 0.25) is 5.02 Å². The molecule has 3 nitrogen and oxygen atoms in total. The normalized spacial score (nSPS) is 10.6. The molecule has 0 amide bonds. The maximum Gasteiger partial charge on any atom is 0.115 e. The van der Waals surface area contributed by atoms with Gasteiger partial charge in [0.2, 0.25) is 0 Å². The Morgan fingerprint density at radius 2 is 1.76 bits per heavy atom. The average molecular weight is 242 g/mol. The van der Waals surface area contributed by atoms with E-state index in [2.05, 4.69) is 15.0 Å². The lowest BCUT2D eigenvalue weighted by atomic mass is 10.1. The van der Waals surface area contributed by atoms with Crippen LogP contribution in [0, 0.1) is 0 Å². The molecule has 17 heavy (non-hydrogen) atoms. The molecule has 0 radical (unpaired) electrons. The maximum atomic E-state index is 6.12. The monoisotopic (exact) mass is 241 g/mol. The van der Waals surface area contributed by atoms with Gasteiger partial charge in [0.1, 0.15) is 6.33 Å². The summed E-state index contributed by atoms with van der Waals surface area (Å²) in [5.74, 6) is 0. The van der Waals surface area contributed by atoms with Crippen molar-refractivity contribution in [2.24, 2.45) is 0 Å². The molecule has 0 spiro atoms. The summed E-state index contributed by atoms with van der Waals surface area (Å²) in [5.41, 5.74) is 2.51. The van der Waals surface area contributed by atoms with Crippen molar-refractivity contribution in [1.82, 2.24) is 15.0 Å². The molecule has 4 heteroatoms. The van der Waals surface area contributed by atoms with Crippen LogP contribution in [0.3, 0.4) is 0 Å². The van der Waals surface area contributed by atoms with Gasteiger partial charge in [0.05, 0.1) is 16.2 Å². The SMILES string of the molecule is Clc1cccc2ccc(-c3cncnc3)nc12.